The number of amides is 2. The van der Waals surface area contributed by atoms with Crippen molar-refractivity contribution in [3.63, 3.8) is 0 Å². The summed E-state index contributed by atoms with van der Waals surface area (Å²) in [5.74, 6) is -0.250. The zero-order chi connectivity index (χ0) is 25.4. The lowest BCUT2D eigenvalue weighted by molar-refractivity contribution is -0.118. The lowest BCUT2D eigenvalue weighted by atomic mass is 10.1. The van der Waals surface area contributed by atoms with Crippen molar-refractivity contribution in [1.82, 2.24) is 14.5 Å². The maximum atomic E-state index is 12.6. The Labute approximate surface area is 211 Å². The molecule has 190 valence electrons. The van der Waals surface area contributed by atoms with Crippen LogP contribution in [0, 0.1) is 0 Å². The predicted octanol–water partition coefficient (Wildman–Crippen LogP) is 2.82. The molecule has 0 radical (unpaired) electrons. The summed E-state index contributed by atoms with van der Waals surface area (Å²) in [5, 5.41) is 2.79. The van der Waals surface area contributed by atoms with Crippen LogP contribution in [0.3, 0.4) is 0 Å². The van der Waals surface area contributed by atoms with E-state index in [2.05, 4.69) is 14.9 Å². The highest BCUT2D eigenvalue weighted by Gasteiger charge is 2.20. The number of hydrogen-bond acceptors (Lipinski definition) is 6. The van der Waals surface area contributed by atoms with Gasteiger partial charge in [-0.25, -0.2) is 13.1 Å². The van der Waals surface area contributed by atoms with Crippen molar-refractivity contribution in [2.24, 2.45) is 0 Å². The minimum Gasteiger partial charge on any atom is -0.482 e. The molecule has 11 heteroatoms. The van der Waals surface area contributed by atoms with Crippen LogP contribution in [0.15, 0.2) is 47.4 Å². The molecule has 2 aromatic rings. The number of likely N-dealkylation sites (N-methyl/N-ethyl adjacent to an activating group) is 1. The molecule has 1 aliphatic rings. The molecule has 0 saturated carbocycles. The second-order valence-electron chi connectivity index (χ2n) is 8.35. The Hall–Kier alpha value is -2.66. The van der Waals surface area contributed by atoms with Crippen LogP contribution in [0.1, 0.15) is 30.1 Å². The van der Waals surface area contributed by atoms with Crippen LogP contribution in [0.2, 0.25) is 5.02 Å². The maximum Gasteiger partial charge on any atom is 0.262 e. The standard InChI is InChI=1S/C24H31ClN4O5S/c1-3-4-11-26-35(32,33)20-9-10-22(21(25)16-20)34-17-23(30)27-19-7-5-18(6-8-19)24(31)29-14-12-28(2)13-15-29/h5-10,16,26H,3-4,11-15,17H2,1-2H3,(H,27,30). The molecule has 0 atom stereocenters. The molecule has 1 heterocycles. The molecular formula is C24H31ClN4O5S. The molecule has 1 saturated heterocycles. The van der Waals surface area contributed by atoms with Gasteiger partial charge in [0.1, 0.15) is 5.75 Å². The van der Waals surface area contributed by atoms with Crippen molar-refractivity contribution >= 4 is 39.1 Å². The van der Waals surface area contributed by atoms with Crippen molar-refractivity contribution in [3.05, 3.63) is 53.1 Å². The van der Waals surface area contributed by atoms with Crippen LogP contribution in [-0.2, 0) is 14.8 Å². The first kappa shape index (κ1) is 26.9. The molecular weight excluding hydrogens is 492 g/mol. The van der Waals surface area contributed by atoms with Crippen LogP contribution in [0.25, 0.3) is 0 Å². The second-order valence-corrected chi connectivity index (χ2v) is 10.5. The van der Waals surface area contributed by atoms with E-state index in [1.165, 1.54) is 18.2 Å². The van der Waals surface area contributed by atoms with Gasteiger partial charge >= 0.3 is 0 Å². The average Bonchev–Trinajstić information content (AvgIpc) is 2.84. The third kappa shape index (κ3) is 7.66. The number of halogens is 1. The van der Waals surface area contributed by atoms with Crippen molar-refractivity contribution in [3.8, 4) is 5.75 Å². The van der Waals surface area contributed by atoms with Crippen LogP contribution in [0.5, 0.6) is 5.75 Å². The summed E-state index contributed by atoms with van der Waals surface area (Å²) in [5.41, 5.74) is 1.09. The van der Waals surface area contributed by atoms with E-state index in [0.29, 0.717) is 30.9 Å². The second kappa shape index (κ2) is 12.3. The van der Waals surface area contributed by atoms with Crippen LogP contribution in [-0.4, -0.2) is 76.4 Å². The molecule has 3 rings (SSSR count). The fourth-order valence-corrected chi connectivity index (χ4v) is 4.86. The number of nitrogens with zero attached hydrogens (tertiary/aromatic N) is 2. The largest absolute Gasteiger partial charge is 0.482 e. The quantitative estimate of drug-likeness (QED) is 0.464. The Morgan fingerprint density at radius 3 is 2.37 bits per heavy atom. The summed E-state index contributed by atoms with van der Waals surface area (Å²) in [7, 11) is -1.63. The van der Waals surface area contributed by atoms with Crippen LogP contribution < -0.4 is 14.8 Å². The van der Waals surface area contributed by atoms with Crippen molar-refractivity contribution in [2.75, 3.05) is 51.7 Å². The zero-order valence-electron chi connectivity index (χ0n) is 19.9. The first-order chi connectivity index (χ1) is 16.7. The van der Waals surface area contributed by atoms with E-state index in [-0.39, 0.29) is 28.2 Å². The van der Waals surface area contributed by atoms with Gasteiger partial charge in [0.15, 0.2) is 6.61 Å². The molecule has 0 aliphatic carbocycles. The summed E-state index contributed by atoms with van der Waals surface area (Å²) in [6, 6.07) is 10.8. The van der Waals surface area contributed by atoms with E-state index >= 15 is 0 Å². The third-order valence-corrected chi connectivity index (χ3v) is 7.35. The molecule has 2 aromatic carbocycles. The third-order valence-electron chi connectivity index (χ3n) is 5.60. The minimum absolute atomic E-state index is 0.0278. The van der Waals surface area contributed by atoms with E-state index in [0.717, 1.165) is 25.9 Å². The first-order valence-electron chi connectivity index (χ1n) is 11.5. The van der Waals surface area contributed by atoms with E-state index in [9.17, 15) is 18.0 Å². The van der Waals surface area contributed by atoms with Crippen molar-refractivity contribution in [2.45, 2.75) is 24.7 Å². The molecule has 1 aliphatic heterocycles. The molecule has 0 aromatic heterocycles. The van der Waals surface area contributed by atoms with Gasteiger partial charge in [-0.15, -0.1) is 0 Å². The Morgan fingerprint density at radius 1 is 1.06 bits per heavy atom. The Kier molecular flexibility index (Phi) is 9.50. The highest BCUT2D eigenvalue weighted by molar-refractivity contribution is 7.89. The number of hydrogen-bond donors (Lipinski definition) is 2. The number of carbonyl (C=O) groups excluding carboxylic acids is 2. The highest BCUT2D eigenvalue weighted by Crippen LogP contribution is 2.27. The first-order valence-corrected chi connectivity index (χ1v) is 13.4. The lowest BCUT2D eigenvalue weighted by Crippen LogP contribution is -2.47. The summed E-state index contributed by atoms with van der Waals surface area (Å²) < 4.78 is 32.6. The number of piperazine rings is 1. The van der Waals surface area contributed by atoms with Gasteiger partial charge in [0, 0.05) is 44.0 Å². The van der Waals surface area contributed by atoms with Crippen LogP contribution in [0.4, 0.5) is 5.69 Å². The van der Waals surface area contributed by atoms with Gasteiger partial charge < -0.3 is 19.9 Å². The molecule has 35 heavy (non-hydrogen) atoms. The van der Waals surface area contributed by atoms with Crippen LogP contribution >= 0.6 is 11.6 Å². The normalized spacial score (nSPS) is 14.5. The molecule has 0 unspecified atom stereocenters. The topological polar surface area (TPSA) is 108 Å². The minimum atomic E-state index is -3.66. The Balaban J connectivity index is 1.51. The van der Waals surface area contributed by atoms with E-state index in [4.69, 9.17) is 16.3 Å². The molecule has 2 amide bonds. The van der Waals surface area contributed by atoms with Gasteiger partial charge in [0.25, 0.3) is 11.8 Å². The summed E-state index contributed by atoms with van der Waals surface area (Å²) in [6.07, 6.45) is 1.61. The number of sulfonamides is 1. The number of anilines is 1. The van der Waals surface area contributed by atoms with E-state index in [1.807, 2.05) is 18.9 Å². The molecule has 0 bridgehead atoms. The SMILES string of the molecule is CCCCNS(=O)(=O)c1ccc(OCC(=O)Nc2ccc(C(=O)N3CCN(C)CC3)cc2)c(Cl)c1. The number of rotatable bonds is 10. The number of carbonyl (C=O) groups is 2. The van der Waals surface area contributed by atoms with Crippen molar-refractivity contribution < 1.29 is 22.7 Å². The van der Waals surface area contributed by atoms with Crippen molar-refractivity contribution in [1.29, 1.82) is 0 Å². The van der Waals surface area contributed by atoms with E-state index in [1.54, 1.807) is 24.3 Å². The van der Waals surface area contributed by atoms with Gasteiger partial charge in [-0.2, -0.15) is 0 Å². The van der Waals surface area contributed by atoms with Gasteiger partial charge in [0.2, 0.25) is 10.0 Å². The summed E-state index contributed by atoms with van der Waals surface area (Å²) >= 11 is 6.17. The van der Waals surface area contributed by atoms with Gasteiger partial charge in [0.05, 0.1) is 9.92 Å². The lowest BCUT2D eigenvalue weighted by Gasteiger charge is -2.32. The summed E-state index contributed by atoms with van der Waals surface area (Å²) in [6.45, 7) is 5.07. The highest BCUT2D eigenvalue weighted by atomic mass is 35.5. The van der Waals surface area contributed by atoms with Gasteiger partial charge in [-0.05, 0) is 55.9 Å². The monoisotopic (exact) mass is 522 g/mol. The average molecular weight is 523 g/mol. The number of unbranched alkanes of at least 4 members (excludes halogenated alkanes) is 1. The summed E-state index contributed by atoms with van der Waals surface area (Å²) in [4.78, 5) is 29.0. The fraction of sp³-hybridized carbons (Fsp3) is 0.417. The molecule has 2 N–H and O–H groups in total. The fourth-order valence-electron chi connectivity index (χ4n) is 3.46. The van der Waals surface area contributed by atoms with Gasteiger partial charge in [-0.3, -0.25) is 9.59 Å². The Bertz CT molecular complexity index is 1130. The number of benzene rings is 2. The smallest absolute Gasteiger partial charge is 0.262 e. The molecule has 9 nitrogen and oxygen atoms in total. The predicted molar refractivity (Wildman–Crippen MR) is 136 cm³/mol. The zero-order valence-corrected chi connectivity index (χ0v) is 21.5. The number of ether oxygens (including phenoxy) is 1. The van der Waals surface area contributed by atoms with Gasteiger partial charge in [-0.1, -0.05) is 24.9 Å². The maximum absolute atomic E-state index is 12.6. The molecule has 1 fully saturated rings. The van der Waals surface area contributed by atoms with E-state index < -0.39 is 15.9 Å². The molecule has 0 spiro atoms. The number of nitrogens with one attached hydrogen (secondary N) is 2. The Morgan fingerprint density at radius 2 is 1.74 bits per heavy atom.